The molecule has 1 aliphatic heterocycles. The van der Waals surface area contributed by atoms with Gasteiger partial charge in [-0.05, 0) is 50.6 Å². The number of rotatable bonds is 5. The molecule has 2 heterocycles. The molecular weight excluding hydrogens is 388 g/mol. The summed E-state index contributed by atoms with van der Waals surface area (Å²) in [5.74, 6) is 0.518. The molecule has 1 saturated heterocycles. The summed E-state index contributed by atoms with van der Waals surface area (Å²) in [5, 5.41) is 4.95. The number of methoxy groups -OCH3 is 1. The first kappa shape index (κ1) is 19.6. The third kappa shape index (κ3) is 4.09. The molecule has 144 valence electrons. The molecule has 0 bridgehead atoms. The van der Waals surface area contributed by atoms with Crippen LogP contribution in [0.2, 0.25) is 5.02 Å². The molecule has 0 N–H and O–H groups in total. The number of nitrogens with zero attached hydrogens (tertiary/aromatic N) is 2. The summed E-state index contributed by atoms with van der Waals surface area (Å²) in [7, 11) is -1.50. The Bertz CT molecular complexity index is 1020. The van der Waals surface area contributed by atoms with E-state index in [9.17, 15) is 13.2 Å². The number of aromatic nitrogens is 2. The highest BCUT2D eigenvalue weighted by molar-refractivity contribution is 7.91. The van der Waals surface area contributed by atoms with Gasteiger partial charge >= 0.3 is 0 Å². The standard InChI is InChI=1S/C19H21ClN2O4S/c1-12-16(13(2)22(21-12)15-8-9-27(24,25)11-15)5-6-18(23)17-10-14(20)4-7-19(17)26-3/h4-7,10,15H,8-9,11H2,1-3H3/b6-5+/t15-/m1/s1. The van der Waals surface area contributed by atoms with Crippen LogP contribution in [0.5, 0.6) is 5.75 Å². The molecule has 0 saturated carbocycles. The van der Waals surface area contributed by atoms with E-state index in [2.05, 4.69) is 5.10 Å². The molecule has 0 aliphatic carbocycles. The fraction of sp³-hybridized carbons (Fsp3) is 0.368. The van der Waals surface area contributed by atoms with Gasteiger partial charge in [-0.25, -0.2) is 8.42 Å². The topological polar surface area (TPSA) is 78.3 Å². The van der Waals surface area contributed by atoms with E-state index in [1.165, 1.54) is 13.2 Å². The lowest BCUT2D eigenvalue weighted by Crippen LogP contribution is -2.13. The minimum atomic E-state index is -3.00. The van der Waals surface area contributed by atoms with E-state index in [-0.39, 0.29) is 23.3 Å². The van der Waals surface area contributed by atoms with Crippen LogP contribution in [0, 0.1) is 13.8 Å². The Kier molecular flexibility index (Phi) is 5.44. The van der Waals surface area contributed by atoms with Crippen molar-refractivity contribution < 1.29 is 17.9 Å². The molecule has 1 aromatic carbocycles. The number of ether oxygens (including phenoxy) is 1. The number of benzene rings is 1. The van der Waals surface area contributed by atoms with Crippen molar-refractivity contribution in [1.82, 2.24) is 9.78 Å². The van der Waals surface area contributed by atoms with Crippen LogP contribution in [0.15, 0.2) is 24.3 Å². The summed E-state index contributed by atoms with van der Waals surface area (Å²) in [5.41, 5.74) is 2.79. The van der Waals surface area contributed by atoms with Crippen LogP contribution in [0.3, 0.4) is 0 Å². The number of carbonyl (C=O) groups excluding carboxylic acids is 1. The number of allylic oxidation sites excluding steroid dienone is 1. The minimum absolute atomic E-state index is 0.108. The summed E-state index contributed by atoms with van der Waals surface area (Å²) in [6.07, 6.45) is 3.73. The number of hydrogen-bond acceptors (Lipinski definition) is 5. The second kappa shape index (κ2) is 7.48. The minimum Gasteiger partial charge on any atom is -0.496 e. The van der Waals surface area contributed by atoms with Crippen LogP contribution >= 0.6 is 11.6 Å². The Morgan fingerprint density at radius 1 is 1.37 bits per heavy atom. The number of carbonyl (C=O) groups is 1. The van der Waals surface area contributed by atoms with Crippen LogP contribution in [0.25, 0.3) is 6.08 Å². The number of aryl methyl sites for hydroxylation is 1. The third-order valence-corrected chi connectivity index (χ3v) is 6.75. The van der Waals surface area contributed by atoms with Crippen molar-refractivity contribution in [2.24, 2.45) is 0 Å². The van der Waals surface area contributed by atoms with Gasteiger partial charge in [-0.15, -0.1) is 0 Å². The highest BCUT2D eigenvalue weighted by Gasteiger charge is 2.31. The zero-order chi connectivity index (χ0) is 19.8. The lowest BCUT2D eigenvalue weighted by molar-refractivity contribution is 0.104. The van der Waals surface area contributed by atoms with E-state index in [1.54, 1.807) is 29.0 Å². The first-order valence-electron chi connectivity index (χ1n) is 8.54. The van der Waals surface area contributed by atoms with Gasteiger partial charge < -0.3 is 4.74 Å². The Morgan fingerprint density at radius 3 is 2.74 bits per heavy atom. The highest BCUT2D eigenvalue weighted by atomic mass is 35.5. The molecule has 0 amide bonds. The Balaban J connectivity index is 1.88. The molecule has 1 aliphatic rings. The maximum Gasteiger partial charge on any atom is 0.189 e. The maximum atomic E-state index is 12.6. The van der Waals surface area contributed by atoms with Gasteiger partial charge in [0.25, 0.3) is 0 Å². The predicted molar refractivity (Wildman–Crippen MR) is 105 cm³/mol. The van der Waals surface area contributed by atoms with Crippen LogP contribution in [0.1, 0.15) is 39.8 Å². The number of halogens is 1. The van der Waals surface area contributed by atoms with E-state index in [1.807, 2.05) is 13.8 Å². The van der Waals surface area contributed by atoms with Gasteiger partial charge in [0.1, 0.15) is 5.75 Å². The summed E-state index contributed by atoms with van der Waals surface area (Å²) in [6.45, 7) is 3.73. The molecule has 2 aromatic rings. The average molecular weight is 409 g/mol. The van der Waals surface area contributed by atoms with E-state index in [4.69, 9.17) is 16.3 Å². The van der Waals surface area contributed by atoms with E-state index in [0.29, 0.717) is 22.8 Å². The normalized spacial score (nSPS) is 18.9. The van der Waals surface area contributed by atoms with Crippen molar-refractivity contribution >= 4 is 33.3 Å². The Hall–Kier alpha value is -2.12. The second-order valence-electron chi connectivity index (χ2n) is 6.63. The summed E-state index contributed by atoms with van der Waals surface area (Å²) >= 11 is 5.99. The summed E-state index contributed by atoms with van der Waals surface area (Å²) in [6, 6.07) is 4.73. The molecule has 0 spiro atoms. The number of ketones is 1. The van der Waals surface area contributed by atoms with Crippen molar-refractivity contribution in [2.45, 2.75) is 26.3 Å². The van der Waals surface area contributed by atoms with Crippen molar-refractivity contribution in [3.8, 4) is 5.75 Å². The van der Waals surface area contributed by atoms with Crippen molar-refractivity contribution in [3.63, 3.8) is 0 Å². The monoisotopic (exact) mass is 408 g/mol. The van der Waals surface area contributed by atoms with Gasteiger partial charge in [-0.1, -0.05) is 11.6 Å². The lowest BCUT2D eigenvalue weighted by Gasteiger charge is -2.10. The van der Waals surface area contributed by atoms with Gasteiger partial charge in [0.15, 0.2) is 15.6 Å². The summed E-state index contributed by atoms with van der Waals surface area (Å²) in [4.78, 5) is 12.6. The van der Waals surface area contributed by atoms with Crippen molar-refractivity contribution in [2.75, 3.05) is 18.6 Å². The third-order valence-electron chi connectivity index (χ3n) is 4.76. The number of sulfone groups is 1. The van der Waals surface area contributed by atoms with Crippen LogP contribution in [-0.2, 0) is 9.84 Å². The molecule has 6 nitrogen and oxygen atoms in total. The quantitative estimate of drug-likeness (QED) is 0.559. The van der Waals surface area contributed by atoms with Gasteiger partial charge in [0.05, 0.1) is 35.9 Å². The molecule has 3 rings (SSSR count). The van der Waals surface area contributed by atoms with Gasteiger partial charge in [-0.3, -0.25) is 9.48 Å². The first-order valence-corrected chi connectivity index (χ1v) is 10.7. The van der Waals surface area contributed by atoms with E-state index < -0.39 is 9.84 Å². The molecule has 8 heteroatoms. The first-order chi connectivity index (χ1) is 12.7. The Morgan fingerprint density at radius 2 is 2.11 bits per heavy atom. The summed E-state index contributed by atoms with van der Waals surface area (Å²) < 4.78 is 30.5. The molecule has 27 heavy (non-hydrogen) atoms. The zero-order valence-electron chi connectivity index (χ0n) is 15.4. The Labute approximate surface area is 163 Å². The molecule has 0 radical (unpaired) electrons. The fourth-order valence-electron chi connectivity index (χ4n) is 3.36. The second-order valence-corrected chi connectivity index (χ2v) is 9.29. The molecule has 1 fully saturated rings. The maximum absolute atomic E-state index is 12.6. The molecule has 0 unspecified atom stereocenters. The molecule has 1 aromatic heterocycles. The smallest absolute Gasteiger partial charge is 0.189 e. The van der Waals surface area contributed by atoms with Gasteiger partial charge in [-0.2, -0.15) is 5.10 Å². The van der Waals surface area contributed by atoms with E-state index >= 15 is 0 Å². The largest absolute Gasteiger partial charge is 0.496 e. The SMILES string of the molecule is COc1ccc(Cl)cc1C(=O)/C=C/c1c(C)nn([C@@H]2CCS(=O)(=O)C2)c1C. The molecular formula is C19H21ClN2O4S. The average Bonchev–Trinajstić information content (AvgIpc) is 3.11. The van der Waals surface area contributed by atoms with Crippen molar-refractivity contribution in [3.05, 3.63) is 51.8 Å². The highest BCUT2D eigenvalue weighted by Crippen LogP contribution is 2.28. The van der Waals surface area contributed by atoms with Crippen LogP contribution in [0.4, 0.5) is 0 Å². The van der Waals surface area contributed by atoms with Gasteiger partial charge in [0.2, 0.25) is 0 Å². The lowest BCUT2D eigenvalue weighted by atomic mass is 10.1. The van der Waals surface area contributed by atoms with Gasteiger partial charge in [0, 0.05) is 16.3 Å². The molecule has 1 atom stereocenters. The van der Waals surface area contributed by atoms with Crippen LogP contribution < -0.4 is 4.74 Å². The van der Waals surface area contributed by atoms with Crippen LogP contribution in [-0.4, -0.2) is 42.6 Å². The predicted octanol–water partition coefficient (Wildman–Crippen LogP) is 3.42. The number of hydrogen-bond donors (Lipinski definition) is 0. The van der Waals surface area contributed by atoms with Crippen molar-refractivity contribution in [1.29, 1.82) is 0 Å². The van der Waals surface area contributed by atoms with E-state index in [0.717, 1.165) is 17.0 Å². The fourth-order valence-corrected chi connectivity index (χ4v) is 5.23. The zero-order valence-corrected chi connectivity index (χ0v) is 17.0.